The lowest BCUT2D eigenvalue weighted by molar-refractivity contribution is -0.127. The molecule has 0 saturated heterocycles. The molecule has 1 heterocycles. The topological polar surface area (TPSA) is 56.1 Å². The van der Waals surface area contributed by atoms with E-state index in [4.69, 9.17) is 4.74 Å². The summed E-state index contributed by atoms with van der Waals surface area (Å²) in [7, 11) is 1.80. The highest BCUT2D eigenvalue weighted by Crippen LogP contribution is 2.05. The Hall–Kier alpha value is -1.36. The van der Waals surface area contributed by atoms with Crippen molar-refractivity contribution >= 4 is 11.7 Å². The van der Waals surface area contributed by atoms with Crippen molar-refractivity contribution in [1.82, 2.24) is 9.78 Å². The van der Waals surface area contributed by atoms with Gasteiger partial charge >= 0.3 is 0 Å². The standard InChI is InChI=1S/C10H17N3O2/c1-4-8(15-5-2)10(14)11-9-6-7-13(3)12-9/h6-8H,4-5H2,1-3H3,(H,11,12,14). The predicted octanol–water partition coefficient (Wildman–Crippen LogP) is 1.17. The largest absolute Gasteiger partial charge is 0.369 e. The summed E-state index contributed by atoms with van der Waals surface area (Å²) in [5, 5.41) is 6.76. The zero-order valence-corrected chi connectivity index (χ0v) is 9.36. The lowest BCUT2D eigenvalue weighted by atomic mass is 10.2. The third kappa shape index (κ3) is 3.36. The van der Waals surface area contributed by atoms with Crippen LogP contribution in [-0.4, -0.2) is 28.4 Å². The number of nitrogens with one attached hydrogen (secondary N) is 1. The van der Waals surface area contributed by atoms with E-state index in [2.05, 4.69) is 10.4 Å². The molecule has 0 spiro atoms. The van der Waals surface area contributed by atoms with Crippen LogP contribution in [0.3, 0.4) is 0 Å². The van der Waals surface area contributed by atoms with Crippen LogP contribution in [0.25, 0.3) is 0 Å². The van der Waals surface area contributed by atoms with Gasteiger partial charge in [-0.2, -0.15) is 5.10 Å². The Morgan fingerprint density at radius 3 is 2.87 bits per heavy atom. The zero-order valence-electron chi connectivity index (χ0n) is 9.36. The zero-order chi connectivity index (χ0) is 11.3. The minimum Gasteiger partial charge on any atom is -0.369 e. The Bertz CT molecular complexity index is 322. The van der Waals surface area contributed by atoms with Gasteiger partial charge in [-0.3, -0.25) is 9.48 Å². The number of anilines is 1. The number of hydrogen-bond acceptors (Lipinski definition) is 3. The first-order valence-electron chi connectivity index (χ1n) is 5.09. The highest BCUT2D eigenvalue weighted by Gasteiger charge is 2.16. The van der Waals surface area contributed by atoms with Crippen molar-refractivity contribution in [1.29, 1.82) is 0 Å². The molecule has 0 radical (unpaired) electrons. The molecule has 84 valence electrons. The van der Waals surface area contributed by atoms with E-state index >= 15 is 0 Å². The smallest absolute Gasteiger partial charge is 0.254 e. The first-order chi connectivity index (χ1) is 7.17. The minimum atomic E-state index is -0.392. The molecular weight excluding hydrogens is 194 g/mol. The van der Waals surface area contributed by atoms with Gasteiger partial charge in [0.05, 0.1) is 0 Å². The molecular formula is C10H17N3O2. The van der Waals surface area contributed by atoms with Crippen LogP contribution in [-0.2, 0) is 16.6 Å². The third-order valence-corrected chi connectivity index (χ3v) is 2.00. The van der Waals surface area contributed by atoms with E-state index in [9.17, 15) is 4.79 Å². The van der Waals surface area contributed by atoms with Crippen molar-refractivity contribution in [2.45, 2.75) is 26.4 Å². The molecule has 1 aromatic rings. The molecule has 1 amide bonds. The van der Waals surface area contributed by atoms with Crippen molar-refractivity contribution in [3.63, 3.8) is 0 Å². The highest BCUT2D eigenvalue weighted by atomic mass is 16.5. The number of amides is 1. The number of rotatable bonds is 5. The third-order valence-electron chi connectivity index (χ3n) is 2.00. The van der Waals surface area contributed by atoms with Gasteiger partial charge in [0, 0.05) is 25.9 Å². The van der Waals surface area contributed by atoms with E-state index < -0.39 is 6.10 Å². The minimum absolute atomic E-state index is 0.141. The summed E-state index contributed by atoms with van der Waals surface area (Å²) in [6, 6.07) is 1.75. The average molecular weight is 211 g/mol. The second kappa shape index (κ2) is 5.50. The van der Waals surface area contributed by atoms with E-state index in [1.807, 2.05) is 13.8 Å². The Morgan fingerprint density at radius 1 is 1.67 bits per heavy atom. The maximum Gasteiger partial charge on any atom is 0.254 e. The van der Waals surface area contributed by atoms with E-state index in [1.54, 1.807) is 24.0 Å². The van der Waals surface area contributed by atoms with Gasteiger partial charge in [0.15, 0.2) is 5.82 Å². The first kappa shape index (κ1) is 11.7. The molecule has 5 heteroatoms. The van der Waals surface area contributed by atoms with Crippen LogP contribution in [0.1, 0.15) is 20.3 Å². The molecule has 1 unspecified atom stereocenters. The summed E-state index contributed by atoms with van der Waals surface area (Å²) in [6.45, 7) is 4.32. The predicted molar refractivity (Wildman–Crippen MR) is 57.5 cm³/mol. The van der Waals surface area contributed by atoms with Crippen molar-refractivity contribution in [2.75, 3.05) is 11.9 Å². The Balaban J connectivity index is 2.53. The Morgan fingerprint density at radius 2 is 2.40 bits per heavy atom. The summed E-state index contributed by atoms with van der Waals surface area (Å²) in [5.74, 6) is 0.415. The van der Waals surface area contributed by atoms with Gasteiger partial charge in [-0.15, -0.1) is 0 Å². The summed E-state index contributed by atoms with van der Waals surface area (Å²) < 4.78 is 6.92. The number of hydrogen-bond donors (Lipinski definition) is 1. The number of ether oxygens (including phenoxy) is 1. The van der Waals surface area contributed by atoms with Crippen LogP contribution in [0.15, 0.2) is 12.3 Å². The van der Waals surface area contributed by atoms with Crippen LogP contribution in [0.2, 0.25) is 0 Å². The number of nitrogens with zero attached hydrogens (tertiary/aromatic N) is 2. The van der Waals surface area contributed by atoms with Crippen LogP contribution < -0.4 is 5.32 Å². The molecule has 0 aromatic carbocycles. The molecule has 0 aliphatic carbocycles. The van der Waals surface area contributed by atoms with Gasteiger partial charge < -0.3 is 10.1 Å². The lowest BCUT2D eigenvalue weighted by Crippen LogP contribution is -2.30. The van der Waals surface area contributed by atoms with Crippen molar-refractivity contribution < 1.29 is 9.53 Å². The summed E-state index contributed by atoms with van der Waals surface area (Å²) in [5.41, 5.74) is 0. The summed E-state index contributed by atoms with van der Waals surface area (Å²) in [4.78, 5) is 11.7. The van der Waals surface area contributed by atoms with Gasteiger partial charge in [-0.25, -0.2) is 0 Å². The SMILES string of the molecule is CCOC(CC)C(=O)Nc1ccn(C)n1. The Labute approximate surface area is 89.4 Å². The normalized spacial score (nSPS) is 12.5. The van der Waals surface area contributed by atoms with Crippen molar-refractivity contribution in [3.8, 4) is 0 Å². The second-order valence-electron chi connectivity index (χ2n) is 3.22. The van der Waals surface area contributed by atoms with Crippen molar-refractivity contribution in [3.05, 3.63) is 12.3 Å². The number of carbonyl (C=O) groups excluding carboxylic acids is 1. The fourth-order valence-electron chi connectivity index (χ4n) is 1.27. The quantitative estimate of drug-likeness (QED) is 0.795. The molecule has 0 aliphatic heterocycles. The molecule has 0 bridgehead atoms. The van der Waals surface area contributed by atoms with Crippen LogP contribution in [0.5, 0.6) is 0 Å². The van der Waals surface area contributed by atoms with Crippen LogP contribution in [0.4, 0.5) is 5.82 Å². The van der Waals surface area contributed by atoms with E-state index in [-0.39, 0.29) is 5.91 Å². The molecule has 1 aromatic heterocycles. The average Bonchev–Trinajstić information content (AvgIpc) is 2.60. The van der Waals surface area contributed by atoms with E-state index in [1.165, 1.54) is 0 Å². The maximum atomic E-state index is 11.7. The van der Waals surface area contributed by atoms with E-state index in [0.717, 1.165) is 0 Å². The molecule has 0 saturated carbocycles. The van der Waals surface area contributed by atoms with Gasteiger partial charge in [-0.1, -0.05) is 6.92 Å². The van der Waals surface area contributed by atoms with Gasteiger partial charge in [-0.05, 0) is 13.3 Å². The summed E-state index contributed by atoms with van der Waals surface area (Å²) in [6.07, 6.45) is 2.04. The molecule has 0 fully saturated rings. The van der Waals surface area contributed by atoms with Gasteiger partial charge in [0.25, 0.3) is 5.91 Å². The van der Waals surface area contributed by atoms with Crippen LogP contribution in [0, 0.1) is 0 Å². The molecule has 1 atom stereocenters. The van der Waals surface area contributed by atoms with Crippen LogP contribution >= 0.6 is 0 Å². The maximum absolute atomic E-state index is 11.7. The molecule has 15 heavy (non-hydrogen) atoms. The number of carbonyl (C=O) groups is 1. The Kier molecular flexibility index (Phi) is 4.30. The lowest BCUT2D eigenvalue weighted by Gasteiger charge is -2.13. The molecule has 1 N–H and O–H groups in total. The molecule has 5 nitrogen and oxygen atoms in total. The van der Waals surface area contributed by atoms with Crippen molar-refractivity contribution in [2.24, 2.45) is 7.05 Å². The number of aromatic nitrogens is 2. The van der Waals surface area contributed by atoms with Gasteiger partial charge in [0.2, 0.25) is 0 Å². The second-order valence-corrected chi connectivity index (χ2v) is 3.22. The van der Waals surface area contributed by atoms with E-state index in [0.29, 0.717) is 18.8 Å². The summed E-state index contributed by atoms with van der Waals surface area (Å²) >= 11 is 0. The molecule has 1 rings (SSSR count). The highest BCUT2D eigenvalue weighted by molar-refractivity contribution is 5.93. The fraction of sp³-hybridized carbons (Fsp3) is 0.600. The number of aryl methyl sites for hydroxylation is 1. The monoisotopic (exact) mass is 211 g/mol. The molecule has 0 aliphatic rings. The van der Waals surface area contributed by atoms with Gasteiger partial charge in [0.1, 0.15) is 6.10 Å². The first-order valence-corrected chi connectivity index (χ1v) is 5.09. The fourth-order valence-corrected chi connectivity index (χ4v) is 1.27.